The Hall–Kier alpha value is -8.14. The van der Waals surface area contributed by atoms with Crippen molar-refractivity contribution in [3.63, 3.8) is 0 Å². The van der Waals surface area contributed by atoms with E-state index in [4.69, 9.17) is 0 Å². The smallest absolute Gasteiger partial charge is 0.0592 e. The molecule has 0 spiro atoms. The van der Waals surface area contributed by atoms with Gasteiger partial charge < -0.3 is 29.4 Å². The van der Waals surface area contributed by atoms with E-state index >= 15 is 0 Å². The molecule has 10 aromatic rings. The Morgan fingerprint density at radius 1 is 0.209 bits per heavy atom. The average Bonchev–Trinajstić information content (AvgIpc) is 0.793. The van der Waals surface area contributed by atoms with Gasteiger partial charge >= 0.3 is 0 Å². The van der Waals surface area contributed by atoms with Gasteiger partial charge in [-0.05, 0) is 239 Å². The van der Waals surface area contributed by atoms with Crippen LogP contribution in [0.15, 0.2) is 231 Å². The third-order valence-electron chi connectivity index (χ3n) is 33.0. The molecule has 25 rings (SSSR count). The lowest BCUT2D eigenvalue weighted by Gasteiger charge is -2.81. The van der Waals surface area contributed by atoms with Gasteiger partial charge in [-0.2, -0.15) is 0 Å². The van der Waals surface area contributed by atoms with Gasteiger partial charge in [0.05, 0.1) is 24.2 Å². The minimum Gasteiger partial charge on any atom is -0.364 e. The summed E-state index contributed by atoms with van der Waals surface area (Å²) in [6.45, 7) is 20.6. The Balaban J connectivity index is 0.815. The summed E-state index contributed by atoms with van der Waals surface area (Å²) in [7, 11) is -1.30. The first-order valence-corrected chi connectivity index (χ1v) is 46.1. The van der Waals surface area contributed by atoms with E-state index in [0.717, 1.165) is 0 Å². The highest BCUT2D eigenvalue weighted by molar-refractivity contribution is 7.61. The van der Waals surface area contributed by atoms with Gasteiger partial charge in [-0.3, -0.25) is 0 Å². The Bertz CT molecular complexity index is 4880. The number of nitrogens with zero attached hydrogens (tertiary/aromatic N) is 6. The maximum atomic E-state index is 3.45. The first kappa shape index (κ1) is 65.4. The van der Waals surface area contributed by atoms with Crippen LogP contribution < -0.4 is 29.4 Å². The third kappa shape index (κ3) is 8.25. The maximum absolute atomic E-state index is 3.45. The molecule has 0 radical (unpaired) electrons. The van der Waals surface area contributed by atoms with Crippen molar-refractivity contribution in [2.45, 2.75) is 261 Å². The molecule has 6 saturated heterocycles. The van der Waals surface area contributed by atoms with Gasteiger partial charge in [-0.15, -0.1) is 0 Å². The zero-order chi connectivity index (χ0) is 73.1. The van der Waals surface area contributed by atoms with E-state index in [1.165, 1.54) is 200 Å². The lowest BCUT2D eigenvalue weighted by Crippen LogP contribution is -2.90. The van der Waals surface area contributed by atoms with Crippen LogP contribution in [0.3, 0.4) is 0 Å². The first-order chi connectivity index (χ1) is 53.7. The molecule has 16 unspecified atom stereocenters. The second-order valence-electron chi connectivity index (χ2n) is 38.8. The summed E-state index contributed by atoms with van der Waals surface area (Å²) >= 11 is 0. The molecule has 0 N–H and O–H groups in total. The Labute approximate surface area is 655 Å². The third-order valence-corrected chi connectivity index (χ3v) is 41.1. The van der Waals surface area contributed by atoms with Crippen LogP contribution in [0.5, 0.6) is 0 Å². The van der Waals surface area contributed by atoms with Gasteiger partial charge in [-0.25, -0.2) is 0 Å². The molecular weight excluding hydrogens is 1370 g/mol. The number of hydrogen-bond donors (Lipinski definition) is 0. The summed E-state index contributed by atoms with van der Waals surface area (Å²) in [5.41, 5.74) is 35.1. The molecule has 5 saturated carbocycles. The van der Waals surface area contributed by atoms with Crippen molar-refractivity contribution >= 4 is 50.0 Å². The molecule has 0 amide bonds. The predicted octanol–water partition coefficient (Wildman–Crippen LogP) is 22.7. The molecule has 6 aliphatic heterocycles. The monoisotopic (exact) mass is 1470 g/mol. The van der Waals surface area contributed by atoms with Crippen LogP contribution in [0.25, 0.3) is 44.5 Å². The van der Waals surface area contributed by atoms with E-state index in [9.17, 15) is 0 Å². The second-order valence-corrected chi connectivity index (χ2v) is 44.1. The molecule has 0 bridgehead atoms. The van der Waals surface area contributed by atoms with Gasteiger partial charge in [0.25, 0.3) is 0 Å². The standard InChI is InChI=1S/C102H104N6P2/c1-99(2)73-35-19-15-31-65(73)69-51-47-61(55-77(69)99)105-85-43-23-39-81-93(85)109-94-82(103(81)59-27-11-9-12-28-59)40-25-45-87(94)107(63-49-53-71-67-33-17-21-37-75(67)101(5,6)79(71)57-63)91-92-98-90(89(105)97(91)109)106(62-48-52-70-66-32-16-20-36-74(66)100(3,4)78(70)56-62)86-44-24-41-83-95(86)110(98)96-84(104(83)60-29-13-10-14-30-60)42-26-46-88(96)108(92)64-50-54-72-68-34-18-22-38-76(68)102(7,8)80(72)58-64/h9-22,27-38,47-58,81-98H,23-26,39-46H2,1-8H3. The summed E-state index contributed by atoms with van der Waals surface area (Å²) in [5, 5.41) is 0. The van der Waals surface area contributed by atoms with Gasteiger partial charge in [0.2, 0.25) is 0 Å². The van der Waals surface area contributed by atoms with Crippen LogP contribution in [0.4, 0.5) is 34.1 Å². The molecule has 16 atom stereocenters. The molecule has 6 nitrogen and oxygen atoms in total. The van der Waals surface area contributed by atoms with Crippen molar-refractivity contribution in [3.8, 4) is 44.5 Å². The zero-order valence-electron chi connectivity index (χ0n) is 65.4. The van der Waals surface area contributed by atoms with E-state index < -0.39 is 15.8 Å². The zero-order valence-corrected chi connectivity index (χ0v) is 67.2. The summed E-state index contributed by atoms with van der Waals surface area (Å²) < 4.78 is 0. The van der Waals surface area contributed by atoms with Crippen LogP contribution in [0, 0.1) is 0 Å². The largest absolute Gasteiger partial charge is 0.364 e. The average molecular weight is 1480 g/mol. The van der Waals surface area contributed by atoms with Crippen LogP contribution >= 0.6 is 15.8 Å². The Morgan fingerprint density at radius 2 is 0.418 bits per heavy atom. The van der Waals surface area contributed by atoms with Crippen molar-refractivity contribution < 1.29 is 0 Å². The van der Waals surface area contributed by atoms with Crippen LogP contribution in [-0.2, 0) is 21.7 Å². The molecule has 11 fully saturated rings. The highest BCUT2D eigenvalue weighted by Gasteiger charge is 2.78. The fourth-order valence-electron chi connectivity index (χ4n) is 29.2. The van der Waals surface area contributed by atoms with Gasteiger partial charge in [-0.1, -0.05) is 229 Å². The molecule has 9 aliphatic carbocycles. The van der Waals surface area contributed by atoms with Crippen LogP contribution in [-0.4, -0.2) is 106 Å². The van der Waals surface area contributed by atoms with Crippen LogP contribution in [0.2, 0.25) is 0 Å². The Morgan fingerprint density at radius 3 is 0.664 bits per heavy atom. The van der Waals surface area contributed by atoms with E-state index in [0.29, 0.717) is 82.3 Å². The highest BCUT2D eigenvalue weighted by atomic mass is 31.1. The molecule has 6 heterocycles. The van der Waals surface area contributed by atoms with Crippen molar-refractivity contribution in [1.29, 1.82) is 0 Å². The number of rotatable bonds is 6. The van der Waals surface area contributed by atoms with Crippen LogP contribution in [0.1, 0.15) is 177 Å². The summed E-state index contributed by atoms with van der Waals surface area (Å²) in [4.78, 5) is 20.2. The van der Waals surface area contributed by atoms with Crippen molar-refractivity contribution in [2.24, 2.45) is 0 Å². The molecule has 0 aromatic heterocycles. The molecule has 10 aromatic carbocycles. The number of hydrogen-bond acceptors (Lipinski definition) is 6. The topological polar surface area (TPSA) is 19.4 Å². The quantitative estimate of drug-likeness (QED) is 0.153. The number of benzene rings is 10. The van der Waals surface area contributed by atoms with Crippen molar-refractivity contribution in [3.05, 3.63) is 275 Å². The Kier molecular flexibility index (Phi) is 13.6. The SMILES string of the molecule is CC1(C)c2ccccc2-c2ccc(N3C4CCCC5C4P4C6C(CCCC6N(c6ccc7c(c6)C(C)(C)c6ccccc6-7)C6C7C8C(C3C64)N(c3ccc4c(c3)C(C)(C)c3ccccc3-4)C3CCCC4C3P8C3C(CCCC3N7c3ccc6c(c3)C(C)(C)c3ccccc3-6)N4c3ccccc3)N5c3ccccc3)cc21. The maximum Gasteiger partial charge on any atom is 0.0592 e. The molecular formula is C102H104N6P2. The molecule has 552 valence electrons. The predicted molar refractivity (Wildman–Crippen MR) is 461 cm³/mol. The van der Waals surface area contributed by atoms with Gasteiger partial charge in [0.15, 0.2) is 0 Å². The number of anilines is 6. The van der Waals surface area contributed by atoms with E-state index in [-0.39, 0.29) is 45.8 Å². The number of para-hydroxylation sites is 2. The van der Waals surface area contributed by atoms with Gasteiger partial charge in [0, 0.05) is 138 Å². The number of fused-ring (bicyclic) bond motifs is 14. The molecule has 110 heavy (non-hydrogen) atoms. The fourth-order valence-corrected chi connectivity index (χ4v) is 39.8. The minimum absolute atomic E-state index is 0.146. The summed E-state index contributed by atoms with van der Waals surface area (Å²) in [6, 6.07) is 100. The second kappa shape index (κ2) is 22.8. The van der Waals surface area contributed by atoms with E-state index in [1.54, 1.807) is 0 Å². The summed E-state index contributed by atoms with van der Waals surface area (Å²) in [5.74, 6) is 0. The highest BCUT2D eigenvalue weighted by Crippen LogP contribution is 2.80. The van der Waals surface area contributed by atoms with E-state index in [1.807, 2.05) is 0 Å². The normalized spacial score (nSPS) is 34.3. The first-order valence-electron chi connectivity index (χ1n) is 43.0. The lowest BCUT2D eigenvalue weighted by atomic mass is 9.70. The lowest BCUT2D eigenvalue weighted by molar-refractivity contribution is 0.146. The molecule has 8 heteroatoms. The minimum atomic E-state index is -0.648. The van der Waals surface area contributed by atoms with Crippen molar-refractivity contribution in [2.75, 3.05) is 29.4 Å². The van der Waals surface area contributed by atoms with Gasteiger partial charge in [0.1, 0.15) is 0 Å². The summed E-state index contributed by atoms with van der Waals surface area (Å²) in [6.07, 6.45) is 15.2. The van der Waals surface area contributed by atoms with E-state index in [2.05, 4.69) is 315 Å². The van der Waals surface area contributed by atoms with Crippen molar-refractivity contribution in [1.82, 2.24) is 0 Å². The molecule has 15 aliphatic rings. The fraction of sp³-hybridized carbons (Fsp3) is 0.412.